The second-order valence-corrected chi connectivity index (χ2v) is 5.01. The van der Waals surface area contributed by atoms with Gasteiger partial charge in [-0.3, -0.25) is 0 Å². The molecule has 0 aromatic heterocycles. The fourth-order valence-electron chi connectivity index (χ4n) is 2.03. The first-order valence-electron chi connectivity index (χ1n) is 7.82. The zero-order chi connectivity index (χ0) is 17.4. The Labute approximate surface area is 141 Å². The number of rotatable bonds is 7. The molecule has 0 N–H and O–H groups in total. The van der Waals surface area contributed by atoms with Gasteiger partial charge in [0.2, 0.25) is 0 Å². The van der Waals surface area contributed by atoms with Gasteiger partial charge in [0.15, 0.2) is 6.61 Å². The molecule has 0 saturated carbocycles. The molecule has 5 heteroatoms. The number of carbonyl (C=O) groups is 2. The van der Waals surface area contributed by atoms with Gasteiger partial charge in [0.1, 0.15) is 11.5 Å². The summed E-state index contributed by atoms with van der Waals surface area (Å²) in [6.07, 6.45) is 0.944. The largest absolute Gasteiger partial charge is 0.482 e. The summed E-state index contributed by atoms with van der Waals surface area (Å²) < 4.78 is 15.5. The van der Waals surface area contributed by atoms with E-state index in [1.807, 2.05) is 24.3 Å². The van der Waals surface area contributed by atoms with Crippen molar-refractivity contribution in [3.63, 3.8) is 0 Å². The maximum atomic E-state index is 11.9. The predicted octanol–water partition coefficient (Wildman–Crippen LogP) is 3.41. The molecule has 0 aliphatic carbocycles. The Morgan fingerprint density at radius 2 is 1.71 bits per heavy atom. The Hall–Kier alpha value is -2.82. The van der Waals surface area contributed by atoms with Crippen LogP contribution >= 0.6 is 0 Å². The lowest BCUT2D eigenvalue weighted by atomic mass is 10.2. The molecule has 0 aliphatic rings. The first-order chi connectivity index (χ1) is 11.6. The van der Waals surface area contributed by atoms with Crippen LogP contribution in [-0.2, 0) is 16.0 Å². The highest BCUT2D eigenvalue weighted by Crippen LogP contribution is 2.16. The Kier molecular flexibility index (Phi) is 6.37. The van der Waals surface area contributed by atoms with Gasteiger partial charge in [-0.1, -0.05) is 25.1 Å². The summed E-state index contributed by atoms with van der Waals surface area (Å²) >= 11 is 0. The minimum Gasteiger partial charge on any atom is -0.482 e. The van der Waals surface area contributed by atoms with Crippen LogP contribution in [0.1, 0.15) is 29.8 Å². The molecular weight excluding hydrogens is 308 g/mol. The number of aryl methyl sites for hydroxylation is 1. The van der Waals surface area contributed by atoms with E-state index in [1.165, 1.54) is 11.6 Å². The molecule has 0 aliphatic heterocycles. The van der Waals surface area contributed by atoms with Crippen molar-refractivity contribution in [1.82, 2.24) is 0 Å². The maximum Gasteiger partial charge on any atom is 0.349 e. The summed E-state index contributed by atoms with van der Waals surface area (Å²) in [5.41, 5.74) is 1.53. The third-order valence-corrected chi connectivity index (χ3v) is 3.27. The van der Waals surface area contributed by atoms with Gasteiger partial charge in [0.05, 0.1) is 12.2 Å². The van der Waals surface area contributed by atoms with Gasteiger partial charge in [-0.05, 0) is 49.2 Å². The SMILES string of the molecule is CCOC(=O)c1cccc(OC(=O)COc2ccc(CC)cc2)c1. The molecule has 2 aromatic rings. The number of benzene rings is 2. The Morgan fingerprint density at radius 3 is 2.38 bits per heavy atom. The van der Waals surface area contributed by atoms with Crippen LogP contribution in [0.2, 0.25) is 0 Å². The van der Waals surface area contributed by atoms with Gasteiger partial charge in [0, 0.05) is 0 Å². The van der Waals surface area contributed by atoms with Crippen molar-refractivity contribution in [2.45, 2.75) is 20.3 Å². The molecular formula is C19H20O5. The zero-order valence-corrected chi connectivity index (χ0v) is 13.8. The summed E-state index contributed by atoms with van der Waals surface area (Å²) in [6.45, 7) is 3.87. The van der Waals surface area contributed by atoms with E-state index in [-0.39, 0.29) is 19.0 Å². The summed E-state index contributed by atoms with van der Waals surface area (Å²) in [5.74, 6) is -0.127. The number of hydrogen-bond donors (Lipinski definition) is 0. The van der Waals surface area contributed by atoms with E-state index < -0.39 is 11.9 Å². The summed E-state index contributed by atoms with van der Waals surface area (Å²) in [5, 5.41) is 0. The third kappa shape index (κ3) is 5.12. The van der Waals surface area contributed by atoms with Crippen molar-refractivity contribution in [3.05, 3.63) is 59.7 Å². The van der Waals surface area contributed by atoms with Crippen LogP contribution in [0, 0.1) is 0 Å². The van der Waals surface area contributed by atoms with Gasteiger partial charge < -0.3 is 14.2 Å². The van der Waals surface area contributed by atoms with E-state index in [0.29, 0.717) is 11.3 Å². The highest BCUT2D eigenvalue weighted by atomic mass is 16.6. The minimum atomic E-state index is -0.546. The molecule has 0 atom stereocenters. The summed E-state index contributed by atoms with van der Waals surface area (Å²) in [4.78, 5) is 23.5. The lowest BCUT2D eigenvalue weighted by Gasteiger charge is -2.08. The van der Waals surface area contributed by atoms with Crippen LogP contribution in [0.5, 0.6) is 11.5 Å². The fourth-order valence-corrected chi connectivity index (χ4v) is 2.03. The highest BCUT2D eigenvalue weighted by molar-refractivity contribution is 5.90. The number of ether oxygens (including phenoxy) is 3. The topological polar surface area (TPSA) is 61.8 Å². The quantitative estimate of drug-likeness (QED) is 0.576. The second kappa shape index (κ2) is 8.72. The van der Waals surface area contributed by atoms with Crippen LogP contribution in [0.25, 0.3) is 0 Å². The van der Waals surface area contributed by atoms with Crippen LogP contribution in [0.4, 0.5) is 0 Å². The number of carbonyl (C=O) groups excluding carboxylic acids is 2. The third-order valence-electron chi connectivity index (χ3n) is 3.27. The number of hydrogen-bond acceptors (Lipinski definition) is 5. The van der Waals surface area contributed by atoms with Crippen molar-refractivity contribution >= 4 is 11.9 Å². The van der Waals surface area contributed by atoms with Crippen molar-refractivity contribution in [2.75, 3.05) is 13.2 Å². The lowest BCUT2D eigenvalue weighted by Crippen LogP contribution is -2.18. The standard InChI is InChI=1S/C19H20O5/c1-3-14-8-10-16(11-9-14)23-13-18(20)24-17-7-5-6-15(12-17)19(21)22-4-2/h5-12H,3-4,13H2,1-2H3. The Bertz CT molecular complexity index is 691. The monoisotopic (exact) mass is 328 g/mol. The molecule has 0 bridgehead atoms. The second-order valence-electron chi connectivity index (χ2n) is 5.01. The predicted molar refractivity (Wildman–Crippen MR) is 89.3 cm³/mol. The molecule has 0 radical (unpaired) electrons. The number of esters is 2. The molecule has 0 heterocycles. The van der Waals surface area contributed by atoms with E-state index >= 15 is 0 Å². The molecule has 0 amide bonds. The molecule has 24 heavy (non-hydrogen) atoms. The van der Waals surface area contributed by atoms with E-state index in [4.69, 9.17) is 14.2 Å². The maximum absolute atomic E-state index is 11.9. The van der Waals surface area contributed by atoms with Crippen LogP contribution < -0.4 is 9.47 Å². The van der Waals surface area contributed by atoms with Gasteiger partial charge in [-0.25, -0.2) is 9.59 Å². The van der Waals surface area contributed by atoms with Gasteiger partial charge in [-0.15, -0.1) is 0 Å². The molecule has 0 spiro atoms. The molecule has 5 nitrogen and oxygen atoms in total. The van der Waals surface area contributed by atoms with Crippen LogP contribution in [-0.4, -0.2) is 25.2 Å². The lowest BCUT2D eigenvalue weighted by molar-refractivity contribution is -0.136. The molecule has 0 saturated heterocycles. The molecule has 2 rings (SSSR count). The first-order valence-corrected chi connectivity index (χ1v) is 7.82. The van der Waals surface area contributed by atoms with Gasteiger partial charge >= 0.3 is 11.9 Å². The average molecular weight is 328 g/mol. The van der Waals surface area contributed by atoms with Gasteiger partial charge in [0.25, 0.3) is 0 Å². The zero-order valence-electron chi connectivity index (χ0n) is 13.8. The van der Waals surface area contributed by atoms with E-state index in [9.17, 15) is 9.59 Å². The van der Waals surface area contributed by atoms with Gasteiger partial charge in [-0.2, -0.15) is 0 Å². The normalized spacial score (nSPS) is 10.1. The molecule has 126 valence electrons. The van der Waals surface area contributed by atoms with Crippen LogP contribution in [0.3, 0.4) is 0 Å². The Balaban J connectivity index is 1.89. The molecule has 0 fully saturated rings. The van der Waals surface area contributed by atoms with Crippen molar-refractivity contribution in [1.29, 1.82) is 0 Å². The smallest absolute Gasteiger partial charge is 0.349 e. The van der Waals surface area contributed by atoms with E-state index in [1.54, 1.807) is 25.1 Å². The van der Waals surface area contributed by atoms with E-state index in [2.05, 4.69) is 6.92 Å². The summed E-state index contributed by atoms with van der Waals surface area (Å²) in [7, 11) is 0. The van der Waals surface area contributed by atoms with Crippen molar-refractivity contribution in [2.24, 2.45) is 0 Å². The fraction of sp³-hybridized carbons (Fsp3) is 0.263. The molecule has 2 aromatic carbocycles. The minimum absolute atomic E-state index is 0.213. The Morgan fingerprint density at radius 1 is 0.958 bits per heavy atom. The first kappa shape index (κ1) is 17.5. The average Bonchev–Trinajstić information content (AvgIpc) is 2.61. The van der Waals surface area contributed by atoms with Crippen molar-refractivity contribution in [3.8, 4) is 11.5 Å². The summed E-state index contributed by atoms with van der Waals surface area (Å²) in [6, 6.07) is 13.8. The van der Waals surface area contributed by atoms with Crippen molar-refractivity contribution < 1.29 is 23.8 Å². The molecule has 0 unspecified atom stereocenters. The highest BCUT2D eigenvalue weighted by Gasteiger charge is 2.10. The van der Waals surface area contributed by atoms with Crippen LogP contribution in [0.15, 0.2) is 48.5 Å². The van der Waals surface area contributed by atoms with E-state index in [0.717, 1.165) is 6.42 Å².